The van der Waals surface area contributed by atoms with Gasteiger partial charge in [-0.1, -0.05) is 6.92 Å². The quantitative estimate of drug-likeness (QED) is 0.644. The van der Waals surface area contributed by atoms with Crippen molar-refractivity contribution in [1.82, 2.24) is 10.2 Å². The van der Waals surface area contributed by atoms with Crippen LogP contribution in [-0.4, -0.2) is 36.3 Å². The molecule has 0 aromatic carbocycles. The number of carbonyl (C=O) groups excluding carboxylic acids is 2. The van der Waals surface area contributed by atoms with E-state index >= 15 is 0 Å². The summed E-state index contributed by atoms with van der Waals surface area (Å²) in [6.45, 7) is 7.76. The smallest absolute Gasteiger partial charge is 0.231 e. The monoisotopic (exact) mass is 200 g/mol. The minimum atomic E-state index is -0.177. The summed E-state index contributed by atoms with van der Waals surface area (Å²) in [7, 11) is 0. The van der Waals surface area contributed by atoms with Gasteiger partial charge >= 0.3 is 0 Å². The van der Waals surface area contributed by atoms with Crippen molar-refractivity contribution < 1.29 is 9.59 Å². The highest BCUT2D eigenvalue weighted by Crippen LogP contribution is 1.93. The van der Waals surface area contributed by atoms with E-state index in [1.165, 1.54) is 0 Å². The highest BCUT2D eigenvalue weighted by atomic mass is 16.2. The Kier molecular flexibility index (Phi) is 6.80. The average Bonchev–Trinajstić information content (AvgIpc) is 2.16. The summed E-state index contributed by atoms with van der Waals surface area (Å²) in [6, 6.07) is 0. The van der Waals surface area contributed by atoms with E-state index in [4.69, 9.17) is 0 Å². The maximum absolute atomic E-state index is 11.4. The van der Waals surface area contributed by atoms with E-state index in [1.54, 1.807) is 4.90 Å². The summed E-state index contributed by atoms with van der Waals surface area (Å²) in [4.78, 5) is 24.3. The van der Waals surface area contributed by atoms with Crippen molar-refractivity contribution in [2.24, 2.45) is 0 Å². The summed E-state index contributed by atoms with van der Waals surface area (Å²) in [5, 5.41) is 2.68. The molecule has 82 valence electrons. The van der Waals surface area contributed by atoms with Crippen LogP contribution in [0.5, 0.6) is 0 Å². The van der Waals surface area contributed by atoms with Crippen LogP contribution in [0.25, 0.3) is 0 Å². The van der Waals surface area contributed by atoms with Crippen LogP contribution in [0.3, 0.4) is 0 Å². The minimum absolute atomic E-state index is 0.0261. The van der Waals surface area contributed by atoms with Gasteiger partial charge in [0.15, 0.2) is 0 Å². The number of rotatable bonds is 6. The Morgan fingerprint density at radius 2 is 1.71 bits per heavy atom. The molecule has 4 heteroatoms. The predicted molar refractivity (Wildman–Crippen MR) is 55.8 cm³/mol. The van der Waals surface area contributed by atoms with Gasteiger partial charge in [-0.05, 0) is 20.3 Å². The third kappa shape index (κ3) is 4.84. The first-order chi connectivity index (χ1) is 6.65. The molecule has 0 heterocycles. The van der Waals surface area contributed by atoms with Crippen LogP contribution >= 0.6 is 0 Å². The molecule has 1 N–H and O–H groups in total. The average molecular weight is 200 g/mol. The van der Waals surface area contributed by atoms with Gasteiger partial charge in [0.2, 0.25) is 11.8 Å². The molecule has 4 nitrogen and oxygen atoms in total. The zero-order chi connectivity index (χ0) is 11.0. The molecule has 0 saturated carbocycles. The van der Waals surface area contributed by atoms with E-state index in [0.717, 1.165) is 6.42 Å². The molecule has 0 aromatic heterocycles. The Morgan fingerprint density at radius 1 is 1.14 bits per heavy atom. The van der Waals surface area contributed by atoms with E-state index in [2.05, 4.69) is 5.32 Å². The number of carbonyl (C=O) groups is 2. The topological polar surface area (TPSA) is 49.4 Å². The van der Waals surface area contributed by atoms with Gasteiger partial charge in [0.1, 0.15) is 6.42 Å². The second-order valence-electron chi connectivity index (χ2n) is 3.09. The number of nitrogens with one attached hydrogen (secondary N) is 1. The summed E-state index contributed by atoms with van der Waals surface area (Å²) < 4.78 is 0. The first-order valence-electron chi connectivity index (χ1n) is 5.20. The zero-order valence-corrected chi connectivity index (χ0v) is 9.30. The first-order valence-corrected chi connectivity index (χ1v) is 5.20. The summed E-state index contributed by atoms with van der Waals surface area (Å²) >= 11 is 0. The zero-order valence-electron chi connectivity index (χ0n) is 9.30. The molecular weight excluding hydrogens is 180 g/mol. The van der Waals surface area contributed by atoms with E-state index in [9.17, 15) is 9.59 Å². The van der Waals surface area contributed by atoms with Crippen molar-refractivity contribution >= 4 is 11.8 Å². The minimum Gasteiger partial charge on any atom is -0.356 e. The molecule has 0 saturated heterocycles. The molecule has 0 atom stereocenters. The lowest BCUT2D eigenvalue weighted by Crippen LogP contribution is -2.35. The summed E-state index contributed by atoms with van der Waals surface area (Å²) in [5.41, 5.74) is 0. The third-order valence-corrected chi connectivity index (χ3v) is 2.00. The molecule has 0 aliphatic carbocycles. The van der Waals surface area contributed by atoms with Gasteiger partial charge in [0.05, 0.1) is 0 Å². The van der Waals surface area contributed by atoms with E-state index in [1.807, 2.05) is 20.8 Å². The maximum Gasteiger partial charge on any atom is 0.231 e. The molecule has 0 unspecified atom stereocenters. The fourth-order valence-corrected chi connectivity index (χ4v) is 1.15. The predicted octanol–water partition coefficient (Wildman–Crippen LogP) is 0.771. The van der Waals surface area contributed by atoms with Gasteiger partial charge in [0.25, 0.3) is 0 Å². The van der Waals surface area contributed by atoms with Gasteiger partial charge in [-0.3, -0.25) is 9.59 Å². The molecule has 14 heavy (non-hydrogen) atoms. The molecule has 0 aliphatic rings. The van der Waals surface area contributed by atoms with E-state index < -0.39 is 0 Å². The van der Waals surface area contributed by atoms with Gasteiger partial charge in [0, 0.05) is 19.6 Å². The fraction of sp³-hybridized carbons (Fsp3) is 0.800. The number of hydrogen-bond donors (Lipinski definition) is 1. The molecule has 0 aliphatic heterocycles. The van der Waals surface area contributed by atoms with Crippen molar-refractivity contribution in [1.29, 1.82) is 0 Å². The van der Waals surface area contributed by atoms with Crippen LogP contribution in [0, 0.1) is 0 Å². The van der Waals surface area contributed by atoms with Crippen LogP contribution in [0.1, 0.15) is 33.6 Å². The second kappa shape index (κ2) is 7.35. The SMILES string of the molecule is CCCNC(=O)CC(=O)N(CC)CC. The summed E-state index contributed by atoms with van der Waals surface area (Å²) in [6.07, 6.45) is 0.868. The molecule has 0 spiro atoms. The molecule has 0 aromatic rings. The molecule has 0 radical (unpaired) electrons. The van der Waals surface area contributed by atoms with Crippen LogP contribution < -0.4 is 5.32 Å². The molecule has 2 amide bonds. The molecule has 0 rings (SSSR count). The lowest BCUT2D eigenvalue weighted by atomic mass is 10.3. The Balaban J connectivity index is 3.86. The lowest BCUT2D eigenvalue weighted by Gasteiger charge is -2.18. The Hall–Kier alpha value is -1.06. The van der Waals surface area contributed by atoms with E-state index in [-0.39, 0.29) is 18.2 Å². The fourth-order valence-electron chi connectivity index (χ4n) is 1.15. The highest BCUT2D eigenvalue weighted by Gasteiger charge is 2.13. The van der Waals surface area contributed by atoms with Crippen molar-refractivity contribution in [3.05, 3.63) is 0 Å². The van der Waals surface area contributed by atoms with Crippen molar-refractivity contribution in [2.45, 2.75) is 33.6 Å². The Bertz CT molecular complexity index is 189. The Morgan fingerprint density at radius 3 is 2.14 bits per heavy atom. The van der Waals surface area contributed by atoms with Gasteiger partial charge in [-0.2, -0.15) is 0 Å². The van der Waals surface area contributed by atoms with Crippen molar-refractivity contribution in [2.75, 3.05) is 19.6 Å². The molecular formula is C10H20N2O2. The molecule has 0 fully saturated rings. The van der Waals surface area contributed by atoms with Crippen molar-refractivity contribution in [3.8, 4) is 0 Å². The standard InChI is InChI=1S/C10H20N2O2/c1-4-7-11-9(13)8-10(14)12(5-2)6-3/h4-8H2,1-3H3,(H,11,13). The maximum atomic E-state index is 11.4. The normalized spacial score (nSPS) is 9.64. The molecule has 0 bridgehead atoms. The van der Waals surface area contributed by atoms with Gasteiger partial charge in [-0.25, -0.2) is 0 Å². The number of hydrogen-bond acceptors (Lipinski definition) is 2. The highest BCUT2D eigenvalue weighted by molar-refractivity contribution is 5.96. The van der Waals surface area contributed by atoms with Gasteiger partial charge < -0.3 is 10.2 Å². The second-order valence-corrected chi connectivity index (χ2v) is 3.09. The summed E-state index contributed by atoms with van der Waals surface area (Å²) in [5.74, 6) is -0.271. The largest absolute Gasteiger partial charge is 0.356 e. The third-order valence-electron chi connectivity index (χ3n) is 2.00. The van der Waals surface area contributed by atoms with Crippen molar-refractivity contribution in [3.63, 3.8) is 0 Å². The van der Waals surface area contributed by atoms with Crippen LogP contribution in [0.4, 0.5) is 0 Å². The first kappa shape index (κ1) is 12.9. The Labute approximate surface area is 85.7 Å². The van der Waals surface area contributed by atoms with Gasteiger partial charge in [-0.15, -0.1) is 0 Å². The number of amides is 2. The van der Waals surface area contributed by atoms with E-state index in [0.29, 0.717) is 19.6 Å². The van der Waals surface area contributed by atoms with Crippen LogP contribution in [0.15, 0.2) is 0 Å². The lowest BCUT2D eigenvalue weighted by molar-refractivity contribution is -0.135. The van der Waals surface area contributed by atoms with Crippen LogP contribution in [-0.2, 0) is 9.59 Å². The number of nitrogens with zero attached hydrogens (tertiary/aromatic N) is 1. The van der Waals surface area contributed by atoms with Crippen LogP contribution in [0.2, 0.25) is 0 Å².